The molecule has 2 aliphatic rings. The van der Waals surface area contributed by atoms with Gasteiger partial charge in [0.05, 0.1) is 21.5 Å². The fourth-order valence-electron chi connectivity index (χ4n) is 4.07. The highest BCUT2D eigenvalue weighted by atomic mass is 32.2. The second-order valence-electron chi connectivity index (χ2n) is 7.85. The first-order valence-electron chi connectivity index (χ1n) is 9.84. The van der Waals surface area contributed by atoms with Gasteiger partial charge in [0.25, 0.3) is 0 Å². The van der Waals surface area contributed by atoms with Gasteiger partial charge in [0.1, 0.15) is 11.4 Å². The predicted octanol–water partition coefficient (Wildman–Crippen LogP) is 3.15. The maximum atomic E-state index is 15.2. The lowest BCUT2D eigenvalue weighted by Crippen LogP contribution is -2.44. The van der Waals surface area contributed by atoms with Crippen LogP contribution in [0.25, 0.3) is 10.9 Å². The first-order chi connectivity index (χ1) is 15.0. The third kappa shape index (κ3) is 3.91. The molecule has 0 unspecified atom stereocenters. The molecule has 0 spiro atoms. The van der Waals surface area contributed by atoms with E-state index in [0.717, 1.165) is 18.9 Å². The quantitative estimate of drug-likeness (QED) is 0.512. The number of hydrogen-bond acceptors (Lipinski definition) is 5. The van der Waals surface area contributed by atoms with Crippen LogP contribution in [-0.2, 0) is 4.79 Å². The van der Waals surface area contributed by atoms with E-state index in [9.17, 15) is 32.7 Å². The molecule has 172 valence electrons. The molecule has 1 aromatic carbocycles. The molecule has 2 heterocycles. The van der Waals surface area contributed by atoms with Crippen molar-refractivity contribution in [3.63, 3.8) is 0 Å². The SMILES string of the molecule is CSc1c(N2CC[C@H](NC(=O)C(F)(F)F)C2)c(F)cc2c(=O)c(C(=O)O)cn(C3CC3)c12. The summed E-state index contributed by atoms with van der Waals surface area (Å²) < 4.78 is 54.6. The number of carbonyl (C=O) groups is 2. The summed E-state index contributed by atoms with van der Waals surface area (Å²) in [7, 11) is 0. The third-order valence-electron chi connectivity index (χ3n) is 5.67. The first kappa shape index (κ1) is 22.4. The molecule has 1 aliphatic heterocycles. The van der Waals surface area contributed by atoms with Gasteiger partial charge in [-0.05, 0) is 31.6 Å². The van der Waals surface area contributed by atoms with Crippen LogP contribution in [0.5, 0.6) is 0 Å². The smallest absolute Gasteiger partial charge is 0.471 e. The molecule has 1 amide bonds. The Bertz CT molecular complexity index is 1180. The van der Waals surface area contributed by atoms with Crippen molar-refractivity contribution in [3.8, 4) is 0 Å². The van der Waals surface area contributed by atoms with E-state index in [0.29, 0.717) is 10.4 Å². The van der Waals surface area contributed by atoms with Crippen molar-refractivity contribution in [1.29, 1.82) is 0 Å². The molecule has 12 heteroatoms. The first-order valence-corrected chi connectivity index (χ1v) is 11.1. The summed E-state index contributed by atoms with van der Waals surface area (Å²) in [6, 6.07) is 0.173. The number of hydrogen-bond donors (Lipinski definition) is 2. The van der Waals surface area contributed by atoms with E-state index in [1.165, 1.54) is 18.0 Å². The normalized spacial score (nSPS) is 18.9. The number of carboxylic acid groups (broad SMARTS) is 1. The Morgan fingerprint density at radius 1 is 1.25 bits per heavy atom. The Hall–Kier alpha value is -2.76. The summed E-state index contributed by atoms with van der Waals surface area (Å²) in [6.45, 7) is 0.179. The number of thioether (sulfide) groups is 1. The molecule has 0 bridgehead atoms. The minimum Gasteiger partial charge on any atom is -0.477 e. The molecular weight excluding hydrogens is 454 g/mol. The van der Waals surface area contributed by atoms with Crippen molar-refractivity contribution < 1.29 is 32.3 Å². The van der Waals surface area contributed by atoms with E-state index >= 15 is 4.39 Å². The van der Waals surface area contributed by atoms with Crippen LogP contribution >= 0.6 is 11.8 Å². The number of alkyl halides is 3. The van der Waals surface area contributed by atoms with Gasteiger partial charge in [0.15, 0.2) is 0 Å². The number of benzene rings is 1. The van der Waals surface area contributed by atoms with E-state index in [1.807, 2.05) is 5.32 Å². The van der Waals surface area contributed by atoms with Crippen LogP contribution in [-0.4, -0.2) is 53.1 Å². The average molecular weight is 473 g/mol. The number of rotatable bonds is 5. The maximum absolute atomic E-state index is 15.2. The monoisotopic (exact) mass is 473 g/mol. The second kappa shape index (κ2) is 7.98. The zero-order valence-corrected chi connectivity index (χ0v) is 17.6. The van der Waals surface area contributed by atoms with E-state index < -0.39 is 40.9 Å². The number of nitrogens with zero attached hydrogens (tertiary/aromatic N) is 2. The number of pyridine rings is 1. The lowest BCUT2D eigenvalue weighted by molar-refractivity contribution is -0.174. The van der Waals surface area contributed by atoms with Crippen molar-refractivity contribution in [2.24, 2.45) is 0 Å². The minimum absolute atomic E-state index is 0.0159. The molecule has 1 atom stereocenters. The number of halogens is 4. The number of aromatic carboxylic acids is 1. The third-order valence-corrected chi connectivity index (χ3v) is 6.47. The van der Waals surface area contributed by atoms with Crippen LogP contribution in [0.3, 0.4) is 0 Å². The van der Waals surface area contributed by atoms with Crippen molar-refractivity contribution in [2.75, 3.05) is 24.2 Å². The van der Waals surface area contributed by atoms with Gasteiger partial charge in [-0.1, -0.05) is 0 Å². The zero-order chi connectivity index (χ0) is 23.4. The Morgan fingerprint density at radius 3 is 2.50 bits per heavy atom. The van der Waals surface area contributed by atoms with E-state index in [2.05, 4.69) is 0 Å². The molecule has 2 N–H and O–H groups in total. The average Bonchev–Trinajstić information content (AvgIpc) is 3.45. The Balaban J connectivity index is 1.80. The lowest BCUT2D eigenvalue weighted by Gasteiger charge is -2.25. The van der Waals surface area contributed by atoms with Crippen LogP contribution < -0.4 is 15.6 Å². The van der Waals surface area contributed by atoms with E-state index in [-0.39, 0.29) is 36.6 Å². The molecule has 32 heavy (non-hydrogen) atoms. The summed E-state index contributed by atoms with van der Waals surface area (Å²) in [6.07, 6.45) is -0.277. The molecule has 1 saturated carbocycles. The van der Waals surface area contributed by atoms with Crippen LogP contribution in [0.1, 0.15) is 35.7 Å². The number of carboxylic acids is 1. The number of amides is 1. The molecule has 1 aliphatic carbocycles. The van der Waals surface area contributed by atoms with Crippen molar-refractivity contribution >= 4 is 40.2 Å². The molecule has 1 saturated heterocycles. The Labute approximate surface area is 183 Å². The fraction of sp³-hybridized carbons (Fsp3) is 0.450. The van der Waals surface area contributed by atoms with Crippen LogP contribution in [0, 0.1) is 5.82 Å². The van der Waals surface area contributed by atoms with Crippen molar-refractivity contribution in [3.05, 3.63) is 33.9 Å². The molecule has 4 rings (SSSR count). The van der Waals surface area contributed by atoms with Gasteiger partial charge in [-0.3, -0.25) is 9.59 Å². The van der Waals surface area contributed by atoms with Gasteiger partial charge >= 0.3 is 18.1 Å². The van der Waals surface area contributed by atoms with Crippen molar-refractivity contribution in [1.82, 2.24) is 9.88 Å². The summed E-state index contributed by atoms with van der Waals surface area (Å²) in [5, 5.41) is 11.3. The van der Waals surface area contributed by atoms with Gasteiger partial charge in [0, 0.05) is 31.4 Å². The number of anilines is 1. The molecular formula is C20H19F4N3O4S. The maximum Gasteiger partial charge on any atom is 0.471 e. The molecule has 0 radical (unpaired) electrons. The summed E-state index contributed by atoms with van der Waals surface area (Å²) in [5.41, 5.74) is -0.693. The van der Waals surface area contributed by atoms with Crippen LogP contribution in [0.4, 0.5) is 23.2 Å². The summed E-state index contributed by atoms with van der Waals surface area (Å²) >= 11 is 1.17. The molecule has 2 aromatic rings. The zero-order valence-electron chi connectivity index (χ0n) is 16.8. The highest BCUT2D eigenvalue weighted by Gasteiger charge is 2.41. The number of fused-ring (bicyclic) bond motifs is 1. The highest BCUT2D eigenvalue weighted by molar-refractivity contribution is 7.99. The predicted molar refractivity (Wildman–Crippen MR) is 110 cm³/mol. The Morgan fingerprint density at radius 2 is 1.94 bits per heavy atom. The van der Waals surface area contributed by atoms with Crippen LogP contribution in [0.2, 0.25) is 0 Å². The number of aromatic nitrogens is 1. The van der Waals surface area contributed by atoms with E-state index in [1.54, 1.807) is 15.7 Å². The molecule has 2 fully saturated rings. The number of nitrogens with one attached hydrogen (secondary N) is 1. The van der Waals surface area contributed by atoms with Gasteiger partial charge in [0.2, 0.25) is 5.43 Å². The van der Waals surface area contributed by atoms with Gasteiger partial charge in [-0.25, -0.2) is 9.18 Å². The lowest BCUT2D eigenvalue weighted by atomic mass is 10.1. The van der Waals surface area contributed by atoms with Gasteiger partial charge < -0.3 is 19.9 Å². The summed E-state index contributed by atoms with van der Waals surface area (Å²) in [5.74, 6) is -4.21. The minimum atomic E-state index is -5.01. The standard InChI is InChI=1S/C20H19F4N3O4S/c1-32-17-14-11(16(28)12(18(29)30)8-27(14)10-2-3-10)6-13(21)15(17)26-5-4-9(7-26)25-19(31)20(22,23)24/h6,8-10H,2-5,7H2,1H3,(H,25,31)(H,29,30)/t9-/m0/s1. The van der Waals surface area contributed by atoms with E-state index in [4.69, 9.17) is 0 Å². The van der Waals surface area contributed by atoms with Crippen LogP contribution in [0.15, 0.2) is 22.0 Å². The molecule has 7 nitrogen and oxygen atoms in total. The van der Waals surface area contributed by atoms with Crippen molar-refractivity contribution in [2.45, 2.75) is 42.4 Å². The topological polar surface area (TPSA) is 91.6 Å². The van der Waals surface area contributed by atoms with Gasteiger partial charge in [-0.15, -0.1) is 11.8 Å². The number of carbonyl (C=O) groups excluding carboxylic acids is 1. The van der Waals surface area contributed by atoms with Gasteiger partial charge in [-0.2, -0.15) is 13.2 Å². The molecule has 1 aromatic heterocycles. The highest BCUT2D eigenvalue weighted by Crippen LogP contribution is 2.43. The largest absolute Gasteiger partial charge is 0.477 e. The fourth-order valence-corrected chi connectivity index (χ4v) is 4.90. The summed E-state index contributed by atoms with van der Waals surface area (Å²) in [4.78, 5) is 37.5. The Kier molecular flexibility index (Phi) is 5.60. The second-order valence-corrected chi connectivity index (χ2v) is 8.67.